The number of ketones is 1. The third-order valence-corrected chi connectivity index (χ3v) is 12.8. The first kappa shape index (κ1) is 44.8. The van der Waals surface area contributed by atoms with Crippen molar-refractivity contribution in [1.29, 1.82) is 0 Å². The van der Waals surface area contributed by atoms with Crippen molar-refractivity contribution in [3.05, 3.63) is 108 Å². The summed E-state index contributed by atoms with van der Waals surface area (Å²) in [6, 6.07) is 23.1. The van der Waals surface area contributed by atoms with Gasteiger partial charge in [-0.15, -0.1) is 11.6 Å². The largest absolute Gasteiger partial charge is 0.508 e. The van der Waals surface area contributed by atoms with Gasteiger partial charge in [0.2, 0.25) is 15.7 Å². The van der Waals surface area contributed by atoms with Gasteiger partial charge < -0.3 is 25.6 Å². The van der Waals surface area contributed by atoms with Crippen molar-refractivity contribution in [3.8, 4) is 17.2 Å². The molecule has 0 saturated carbocycles. The SMILES string of the molecule is CCC(C)(C)c1cc(C(C)(C)CC)c(C(Oc2ccc(S(=O)(=O)c3ccc(O)cc3)cc2)(C(=O)Nc2ccccc2)C(=O)C(C)(C)C)cc1OCCC(Cl)C(N)=O. The van der Waals surface area contributed by atoms with Crippen LogP contribution in [-0.2, 0) is 40.7 Å². The van der Waals surface area contributed by atoms with E-state index in [0.29, 0.717) is 29.8 Å². The van der Waals surface area contributed by atoms with Crippen LogP contribution < -0.4 is 20.5 Å². The number of ether oxygens (including phenoxy) is 2. The number of aromatic hydroxyl groups is 1. The highest BCUT2D eigenvalue weighted by molar-refractivity contribution is 7.91. The van der Waals surface area contributed by atoms with Crippen molar-refractivity contribution in [3.63, 3.8) is 0 Å². The minimum atomic E-state index is -4.01. The Bertz CT molecular complexity index is 2180. The van der Waals surface area contributed by atoms with E-state index in [9.17, 15) is 18.3 Å². The number of carbonyl (C=O) groups excluding carboxylic acids is 3. The highest BCUT2D eigenvalue weighted by atomic mass is 35.5. The van der Waals surface area contributed by atoms with Gasteiger partial charge in [0.1, 0.15) is 22.6 Å². The summed E-state index contributed by atoms with van der Waals surface area (Å²) in [6.07, 6.45) is 1.43. The summed E-state index contributed by atoms with van der Waals surface area (Å²) < 4.78 is 40.4. The number of amides is 2. The number of nitrogens with one attached hydrogen (secondary N) is 1. The fourth-order valence-corrected chi connectivity index (χ4v) is 7.61. The van der Waals surface area contributed by atoms with Crippen LogP contribution in [0.2, 0.25) is 0 Å². The molecule has 0 aromatic heterocycles. The minimum absolute atomic E-state index is 0.00805. The van der Waals surface area contributed by atoms with Gasteiger partial charge in [-0.25, -0.2) is 8.42 Å². The number of phenols is 1. The van der Waals surface area contributed by atoms with Gasteiger partial charge in [0.15, 0.2) is 5.78 Å². The molecule has 4 rings (SSSR count). The first-order chi connectivity index (χ1) is 26.5. The van der Waals surface area contributed by atoms with Gasteiger partial charge in [0, 0.05) is 28.7 Å². The van der Waals surface area contributed by atoms with Crippen LogP contribution in [-0.4, -0.2) is 43.1 Å². The lowest BCUT2D eigenvalue weighted by Gasteiger charge is -2.41. The Kier molecular flexibility index (Phi) is 13.6. The third-order valence-electron chi connectivity index (χ3n) is 10.6. The molecule has 4 aromatic rings. The van der Waals surface area contributed by atoms with E-state index in [1.807, 2.05) is 26.8 Å². The van der Waals surface area contributed by atoms with Crippen molar-refractivity contribution in [2.75, 3.05) is 11.9 Å². The van der Waals surface area contributed by atoms with Gasteiger partial charge in [-0.2, -0.15) is 0 Å². The lowest BCUT2D eigenvalue weighted by Crippen LogP contribution is -2.56. The molecule has 4 N–H and O–H groups in total. The molecule has 2 unspecified atom stereocenters. The number of rotatable bonds is 17. The number of nitrogens with two attached hydrogens (primary N) is 1. The highest BCUT2D eigenvalue weighted by Crippen LogP contribution is 2.47. The molecule has 0 spiro atoms. The number of phenolic OH excluding ortho intramolecular Hbond substituents is 1. The predicted molar refractivity (Wildman–Crippen MR) is 224 cm³/mol. The molecule has 2 amide bonds. The molecule has 0 aliphatic rings. The number of Topliss-reactive ketones (excluding diaryl/α,β-unsaturated/α-hetero) is 1. The summed E-state index contributed by atoms with van der Waals surface area (Å²) in [5.74, 6) is -1.68. The van der Waals surface area contributed by atoms with Crippen LogP contribution in [0.5, 0.6) is 17.2 Å². The van der Waals surface area contributed by atoms with Gasteiger partial charge in [-0.1, -0.05) is 86.6 Å². The van der Waals surface area contributed by atoms with Crippen LogP contribution in [0.15, 0.2) is 101 Å². The second-order valence-corrected chi connectivity index (χ2v) is 19.0. The second-order valence-electron chi connectivity index (χ2n) is 16.5. The molecule has 306 valence electrons. The smallest absolute Gasteiger partial charge is 0.281 e. The zero-order valence-electron chi connectivity index (χ0n) is 34.2. The standard InChI is InChI=1S/C45H55ClN2O8S/c1-10-43(6,7)34-27-36(44(8,9)11-2)38(55-26-25-37(46)39(47)50)28-35(34)45(40(51)42(3,4)5,41(52)48-29-15-13-12-14-16-29)56-31-19-23-33(24-20-31)57(53,54)32-21-17-30(49)18-22-32/h12-24,27-28,37,49H,10-11,25-26H2,1-9H3,(H2,47,50)(H,48,52). The molecular weight excluding hydrogens is 764 g/mol. The van der Waals surface area contributed by atoms with Gasteiger partial charge in [0.25, 0.3) is 11.5 Å². The average molecular weight is 819 g/mol. The lowest BCUT2D eigenvalue weighted by atomic mass is 9.68. The van der Waals surface area contributed by atoms with E-state index in [2.05, 4.69) is 26.1 Å². The maximum Gasteiger partial charge on any atom is 0.281 e. The van der Waals surface area contributed by atoms with E-state index in [4.69, 9.17) is 26.8 Å². The summed E-state index contributed by atoms with van der Waals surface area (Å²) in [5.41, 5.74) is 2.99. The summed E-state index contributed by atoms with van der Waals surface area (Å²) >= 11 is 6.21. The second kappa shape index (κ2) is 17.3. The Labute approximate surface area is 342 Å². The number of para-hydroxylation sites is 1. The number of halogens is 1. The summed E-state index contributed by atoms with van der Waals surface area (Å²) in [6.45, 7) is 17.4. The lowest BCUT2D eigenvalue weighted by molar-refractivity contribution is -0.152. The minimum Gasteiger partial charge on any atom is -0.508 e. The molecule has 0 saturated heterocycles. The number of alkyl halides is 1. The monoisotopic (exact) mass is 818 g/mol. The summed E-state index contributed by atoms with van der Waals surface area (Å²) in [7, 11) is -4.01. The Morgan fingerprint density at radius 1 is 0.772 bits per heavy atom. The fourth-order valence-electron chi connectivity index (χ4n) is 6.26. The van der Waals surface area contributed by atoms with Crippen LogP contribution in [0.25, 0.3) is 0 Å². The zero-order chi connectivity index (χ0) is 42.6. The molecule has 4 aromatic carbocycles. The van der Waals surface area contributed by atoms with Gasteiger partial charge in [-0.05, 0) is 96.0 Å². The predicted octanol–water partition coefficient (Wildman–Crippen LogP) is 8.99. The van der Waals surface area contributed by atoms with Crippen molar-refractivity contribution >= 4 is 44.7 Å². The Balaban J connectivity index is 2.09. The van der Waals surface area contributed by atoms with E-state index in [0.717, 1.165) is 5.56 Å². The van der Waals surface area contributed by atoms with Gasteiger partial charge in [0.05, 0.1) is 16.4 Å². The first-order valence-electron chi connectivity index (χ1n) is 19.0. The average Bonchev–Trinajstić information content (AvgIpc) is 3.16. The molecule has 57 heavy (non-hydrogen) atoms. The molecule has 0 heterocycles. The number of anilines is 1. The summed E-state index contributed by atoms with van der Waals surface area (Å²) in [4.78, 5) is 42.3. The van der Waals surface area contributed by atoms with E-state index in [-0.39, 0.29) is 39.9 Å². The van der Waals surface area contributed by atoms with Crippen molar-refractivity contribution < 1.29 is 37.4 Å². The first-order valence-corrected chi connectivity index (χ1v) is 20.9. The van der Waals surface area contributed by atoms with Gasteiger partial charge >= 0.3 is 0 Å². The van der Waals surface area contributed by atoms with Gasteiger partial charge in [-0.3, -0.25) is 14.4 Å². The molecule has 2 atom stereocenters. The summed E-state index contributed by atoms with van der Waals surface area (Å²) in [5, 5.41) is 11.7. The number of primary amides is 1. The maximum absolute atomic E-state index is 15.3. The molecule has 0 aliphatic heterocycles. The number of carbonyl (C=O) groups is 3. The molecule has 0 radical (unpaired) electrons. The Morgan fingerprint density at radius 2 is 1.30 bits per heavy atom. The van der Waals surface area contributed by atoms with E-state index in [1.54, 1.807) is 57.2 Å². The number of hydrogen-bond acceptors (Lipinski definition) is 8. The molecule has 0 fully saturated rings. The maximum atomic E-state index is 15.3. The quantitative estimate of drug-likeness (QED) is 0.0703. The van der Waals surface area contributed by atoms with Crippen LogP contribution in [0, 0.1) is 5.41 Å². The van der Waals surface area contributed by atoms with Crippen LogP contribution >= 0.6 is 11.6 Å². The van der Waals surface area contributed by atoms with E-state index in [1.165, 1.54) is 48.5 Å². The number of benzene rings is 4. The highest BCUT2D eigenvalue weighted by Gasteiger charge is 2.56. The topological polar surface area (TPSA) is 162 Å². The van der Waals surface area contributed by atoms with Crippen LogP contribution in [0.1, 0.15) is 98.3 Å². The Morgan fingerprint density at radius 3 is 1.81 bits per heavy atom. The molecule has 0 bridgehead atoms. The number of hydrogen-bond donors (Lipinski definition) is 3. The molecular formula is C45H55ClN2O8S. The molecule has 10 nitrogen and oxygen atoms in total. The van der Waals surface area contributed by atoms with Crippen molar-refractivity contribution in [1.82, 2.24) is 0 Å². The van der Waals surface area contributed by atoms with Crippen molar-refractivity contribution in [2.24, 2.45) is 11.1 Å². The van der Waals surface area contributed by atoms with E-state index >= 15 is 9.59 Å². The molecule has 0 aliphatic carbocycles. The Hall–Kier alpha value is -4.87. The number of sulfone groups is 1. The van der Waals surface area contributed by atoms with E-state index < -0.39 is 54.7 Å². The fraction of sp³-hybridized carbons (Fsp3) is 0.400. The van der Waals surface area contributed by atoms with Crippen molar-refractivity contribution in [2.45, 2.75) is 113 Å². The van der Waals surface area contributed by atoms with Crippen LogP contribution in [0.4, 0.5) is 5.69 Å². The normalized spacial score (nSPS) is 13.9. The molecule has 12 heteroatoms. The van der Waals surface area contributed by atoms with Crippen LogP contribution in [0.3, 0.4) is 0 Å². The zero-order valence-corrected chi connectivity index (χ0v) is 35.8. The third kappa shape index (κ3) is 9.82.